The maximum atomic E-state index is 12.9. The van der Waals surface area contributed by atoms with Crippen LogP contribution in [0.1, 0.15) is 55.2 Å². The number of rotatable bonds is 5. The van der Waals surface area contributed by atoms with Gasteiger partial charge in [-0.3, -0.25) is 24.3 Å². The number of carbonyl (C=O) groups is 3. The van der Waals surface area contributed by atoms with E-state index in [1.807, 2.05) is 43.3 Å². The molecule has 0 saturated carbocycles. The van der Waals surface area contributed by atoms with Gasteiger partial charge in [-0.05, 0) is 42.3 Å². The number of amides is 3. The Bertz CT molecular complexity index is 1080. The van der Waals surface area contributed by atoms with E-state index in [9.17, 15) is 14.4 Å². The first-order valence-corrected chi connectivity index (χ1v) is 9.30. The van der Waals surface area contributed by atoms with Gasteiger partial charge in [0, 0.05) is 24.5 Å². The van der Waals surface area contributed by atoms with Gasteiger partial charge in [0.25, 0.3) is 17.7 Å². The molecule has 0 fully saturated rings. The van der Waals surface area contributed by atoms with Crippen molar-refractivity contribution in [3.8, 4) is 0 Å². The highest BCUT2D eigenvalue weighted by molar-refractivity contribution is 6.22. The van der Waals surface area contributed by atoms with Crippen LogP contribution in [0.3, 0.4) is 0 Å². The van der Waals surface area contributed by atoms with Crippen LogP contribution in [-0.4, -0.2) is 27.6 Å². The average Bonchev–Trinajstić information content (AvgIpc) is 3.02. The fourth-order valence-corrected chi connectivity index (χ4v) is 3.42. The first-order valence-electron chi connectivity index (χ1n) is 9.30. The Kier molecular flexibility index (Phi) is 4.91. The summed E-state index contributed by atoms with van der Waals surface area (Å²) in [6.45, 7) is 2.15. The molecule has 0 radical (unpaired) electrons. The van der Waals surface area contributed by atoms with Crippen LogP contribution in [0.15, 0.2) is 73.1 Å². The van der Waals surface area contributed by atoms with Crippen LogP contribution in [0.4, 0.5) is 0 Å². The van der Waals surface area contributed by atoms with E-state index in [0.29, 0.717) is 17.7 Å². The van der Waals surface area contributed by atoms with E-state index in [4.69, 9.17) is 0 Å². The Hall–Kier alpha value is -3.80. The van der Waals surface area contributed by atoms with Crippen molar-refractivity contribution in [1.29, 1.82) is 0 Å². The van der Waals surface area contributed by atoms with Crippen molar-refractivity contribution in [3.05, 3.63) is 101 Å². The maximum absolute atomic E-state index is 12.9. The van der Waals surface area contributed by atoms with E-state index in [0.717, 1.165) is 11.1 Å². The van der Waals surface area contributed by atoms with Crippen molar-refractivity contribution in [3.63, 3.8) is 0 Å². The Labute approximate surface area is 168 Å². The average molecular weight is 385 g/mol. The van der Waals surface area contributed by atoms with E-state index in [1.165, 1.54) is 11.0 Å². The van der Waals surface area contributed by atoms with Gasteiger partial charge in [-0.1, -0.05) is 36.4 Å². The Morgan fingerprint density at radius 3 is 2.48 bits per heavy atom. The molecule has 1 N–H and O–H groups in total. The molecule has 1 atom stereocenters. The van der Waals surface area contributed by atoms with Gasteiger partial charge in [-0.25, -0.2) is 0 Å². The monoisotopic (exact) mass is 385 g/mol. The summed E-state index contributed by atoms with van der Waals surface area (Å²) >= 11 is 0. The molecular weight excluding hydrogens is 366 g/mol. The number of benzene rings is 2. The number of aromatic nitrogens is 1. The number of fused-ring (bicyclic) bond motifs is 1. The lowest BCUT2D eigenvalue weighted by molar-refractivity contribution is 0.0595. The smallest absolute Gasteiger partial charge is 0.262 e. The summed E-state index contributed by atoms with van der Waals surface area (Å²) in [6.07, 6.45) is 3.34. The largest absolute Gasteiger partial charge is 0.348 e. The molecule has 3 amide bonds. The van der Waals surface area contributed by atoms with Crippen molar-refractivity contribution in [2.24, 2.45) is 0 Å². The summed E-state index contributed by atoms with van der Waals surface area (Å²) in [6, 6.07) is 17.3. The van der Waals surface area contributed by atoms with Crippen LogP contribution in [0, 0.1) is 0 Å². The molecule has 0 bridgehead atoms. The summed E-state index contributed by atoms with van der Waals surface area (Å²) < 4.78 is 0. The molecule has 6 nitrogen and oxygen atoms in total. The third-order valence-electron chi connectivity index (χ3n) is 5.03. The second-order valence-electron chi connectivity index (χ2n) is 6.87. The topological polar surface area (TPSA) is 79.4 Å². The lowest BCUT2D eigenvalue weighted by Crippen LogP contribution is -2.32. The number of pyridine rings is 1. The number of imide groups is 1. The molecule has 2 aromatic carbocycles. The maximum Gasteiger partial charge on any atom is 0.262 e. The van der Waals surface area contributed by atoms with Crippen LogP contribution in [0.25, 0.3) is 0 Å². The number of hydrogen-bond donors (Lipinski definition) is 1. The quantitative estimate of drug-likeness (QED) is 0.683. The predicted molar refractivity (Wildman–Crippen MR) is 107 cm³/mol. The molecule has 29 heavy (non-hydrogen) atoms. The van der Waals surface area contributed by atoms with Gasteiger partial charge in [-0.2, -0.15) is 0 Å². The summed E-state index contributed by atoms with van der Waals surface area (Å²) in [4.78, 5) is 43.5. The fourth-order valence-electron chi connectivity index (χ4n) is 3.42. The zero-order valence-corrected chi connectivity index (χ0v) is 15.8. The van der Waals surface area contributed by atoms with Crippen LogP contribution >= 0.6 is 0 Å². The predicted octanol–water partition coefficient (Wildman–Crippen LogP) is 3.37. The highest BCUT2D eigenvalue weighted by Crippen LogP contribution is 2.31. The molecule has 144 valence electrons. The van der Waals surface area contributed by atoms with Gasteiger partial charge in [0.2, 0.25) is 0 Å². The zero-order valence-electron chi connectivity index (χ0n) is 15.8. The molecule has 0 spiro atoms. The lowest BCUT2D eigenvalue weighted by Gasteiger charge is -2.22. The minimum Gasteiger partial charge on any atom is -0.348 e. The molecule has 6 heteroatoms. The van der Waals surface area contributed by atoms with E-state index >= 15 is 0 Å². The standard InChI is InChI=1S/C23H19N3O3/c1-15(17-7-3-2-4-8-17)26-22(28)19-10-9-18(12-20(19)23(26)29)21(27)25-14-16-6-5-11-24-13-16/h2-13,15H,14H2,1H3,(H,25,27)/t15-/m0/s1. The molecule has 0 unspecified atom stereocenters. The lowest BCUT2D eigenvalue weighted by atomic mass is 10.1. The summed E-state index contributed by atoms with van der Waals surface area (Å²) in [5.74, 6) is -1.04. The first kappa shape index (κ1) is 18.6. The van der Waals surface area contributed by atoms with E-state index in [2.05, 4.69) is 10.3 Å². The van der Waals surface area contributed by atoms with Gasteiger partial charge in [0.1, 0.15) is 0 Å². The van der Waals surface area contributed by atoms with Crippen molar-refractivity contribution in [1.82, 2.24) is 15.2 Å². The van der Waals surface area contributed by atoms with Crippen LogP contribution < -0.4 is 5.32 Å². The summed E-state index contributed by atoms with van der Waals surface area (Å²) in [7, 11) is 0. The van der Waals surface area contributed by atoms with Crippen molar-refractivity contribution in [2.45, 2.75) is 19.5 Å². The highest BCUT2D eigenvalue weighted by Gasteiger charge is 2.39. The van der Waals surface area contributed by atoms with E-state index in [-0.39, 0.29) is 23.3 Å². The summed E-state index contributed by atoms with van der Waals surface area (Å²) in [5, 5.41) is 2.80. The molecule has 1 aliphatic rings. The number of nitrogens with zero attached hydrogens (tertiary/aromatic N) is 2. The second-order valence-corrected chi connectivity index (χ2v) is 6.87. The SMILES string of the molecule is C[C@@H](c1ccccc1)N1C(=O)c2ccc(C(=O)NCc3cccnc3)cc2C1=O. The van der Waals surface area contributed by atoms with Crippen molar-refractivity contribution >= 4 is 17.7 Å². The Morgan fingerprint density at radius 1 is 1.00 bits per heavy atom. The minimum absolute atomic E-state index is 0.256. The third kappa shape index (κ3) is 3.52. The van der Waals surface area contributed by atoms with Gasteiger partial charge in [-0.15, -0.1) is 0 Å². The molecule has 4 rings (SSSR count). The van der Waals surface area contributed by atoms with Crippen LogP contribution in [-0.2, 0) is 6.54 Å². The van der Waals surface area contributed by atoms with Crippen molar-refractivity contribution in [2.75, 3.05) is 0 Å². The summed E-state index contributed by atoms with van der Waals surface area (Å²) in [5.41, 5.74) is 2.66. The molecule has 2 heterocycles. The third-order valence-corrected chi connectivity index (χ3v) is 5.03. The number of nitrogens with one attached hydrogen (secondary N) is 1. The van der Waals surface area contributed by atoms with Crippen molar-refractivity contribution < 1.29 is 14.4 Å². The van der Waals surface area contributed by atoms with Gasteiger partial charge in [0.15, 0.2) is 0 Å². The van der Waals surface area contributed by atoms with E-state index in [1.54, 1.807) is 30.6 Å². The molecule has 1 aromatic heterocycles. The highest BCUT2D eigenvalue weighted by atomic mass is 16.2. The van der Waals surface area contributed by atoms with Gasteiger partial charge < -0.3 is 5.32 Å². The number of hydrogen-bond acceptors (Lipinski definition) is 4. The number of carbonyl (C=O) groups excluding carboxylic acids is 3. The second kappa shape index (κ2) is 7.67. The normalized spacial score (nSPS) is 13.9. The van der Waals surface area contributed by atoms with Gasteiger partial charge >= 0.3 is 0 Å². The molecule has 0 aliphatic carbocycles. The van der Waals surface area contributed by atoms with E-state index < -0.39 is 6.04 Å². The fraction of sp³-hybridized carbons (Fsp3) is 0.130. The Morgan fingerprint density at radius 2 is 1.76 bits per heavy atom. The van der Waals surface area contributed by atoms with Crippen LogP contribution in [0.5, 0.6) is 0 Å². The molecular formula is C23H19N3O3. The molecule has 3 aromatic rings. The minimum atomic E-state index is -0.397. The van der Waals surface area contributed by atoms with Crippen LogP contribution in [0.2, 0.25) is 0 Å². The van der Waals surface area contributed by atoms with Gasteiger partial charge in [0.05, 0.1) is 17.2 Å². The molecule has 1 aliphatic heterocycles. The first-order chi connectivity index (χ1) is 14.1. The molecule has 0 saturated heterocycles. The Balaban J connectivity index is 1.54. The zero-order chi connectivity index (χ0) is 20.4.